The van der Waals surface area contributed by atoms with Gasteiger partial charge in [-0.25, -0.2) is 0 Å². The van der Waals surface area contributed by atoms with E-state index in [9.17, 15) is 19.7 Å². The molecule has 0 aliphatic heterocycles. The van der Waals surface area contributed by atoms with Crippen molar-refractivity contribution in [2.24, 2.45) is 0 Å². The minimum atomic E-state index is -1.13. The van der Waals surface area contributed by atoms with Crippen LogP contribution in [0.4, 0.5) is 5.69 Å². The maximum atomic E-state index is 11.1. The van der Waals surface area contributed by atoms with Crippen molar-refractivity contribution in [2.75, 3.05) is 0 Å². The highest BCUT2D eigenvalue weighted by molar-refractivity contribution is 5.70. The fourth-order valence-electron chi connectivity index (χ4n) is 0.886. The average molecular weight is 222 g/mol. The highest BCUT2D eigenvalue weighted by Crippen LogP contribution is 2.06. The van der Waals surface area contributed by atoms with E-state index in [1.54, 1.807) is 0 Å². The normalized spacial score (nSPS) is 9.00. The van der Waals surface area contributed by atoms with Gasteiger partial charge < -0.3 is 10.1 Å². The lowest BCUT2D eigenvalue weighted by Gasteiger charge is -1.91. The van der Waals surface area contributed by atoms with E-state index in [0.717, 1.165) is 12.3 Å². The fourth-order valence-corrected chi connectivity index (χ4v) is 0.886. The van der Waals surface area contributed by atoms with Crippen LogP contribution in [-0.2, 0) is 4.79 Å². The highest BCUT2D eigenvalue weighted by atomic mass is 16.6. The lowest BCUT2D eigenvalue weighted by Crippen LogP contribution is -2.09. The Labute approximate surface area is 88.9 Å². The molecule has 0 aliphatic rings. The minimum absolute atomic E-state index is 0.129. The molecule has 1 heterocycles. The summed E-state index contributed by atoms with van der Waals surface area (Å²) in [6, 6.07) is 0.994. The lowest BCUT2D eigenvalue weighted by atomic mass is 10.2. The van der Waals surface area contributed by atoms with E-state index in [1.165, 1.54) is 0 Å². The number of carboxylic acids is 1. The molecule has 0 amide bonds. The van der Waals surface area contributed by atoms with Crippen LogP contribution in [0.3, 0.4) is 0 Å². The SMILES string of the molecule is O=C(O)CC#Cc1cc([N+](=O)[O-])c[nH]c1=O. The quantitative estimate of drug-likeness (QED) is 0.418. The first-order valence-corrected chi connectivity index (χ1v) is 4.08. The Bertz CT molecular complexity index is 549. The van der Waals surface area contributed by atoms with Crippen molar-refractivity contribution in [3.8, 4) is 11.8 Å². The van der Waals surface area contributed by atoms with Crippen LogP contribution in [0.15, 0.2) is 17.1 Å². The zero-order valence-corrected chi connectivity index (χ0v) is 7.89. The van der Waals surface area contributed by atoms with Crippen molar-refractivity contribution in [1.29, 1.82) is 0 Å². The number of hydrogen-bond donors (Lipinski definition) is 2. The van der Waals surface area contributed by atoms with E-state index in [0.29, 0.717) is 0 Å². The molecular weight excluding hydrogens is 216 g/mol. The third-order valence-electron chi connectivity index (χ3n) is 1.56. The standard InChI is InChI=1S/C9H6N2O5/c12-8(13)3-1-2-6-4-7(11(15)16)5-10-9(6)14/h4-5H,3H2,(H,10,14)(H,12,13). The summed E-state index contributed by atoms with van der Waals surface area (Å²) in [6.07, 6.45) is 0.521. The predicted molar refractivity (Wildman–Crippen MR) is 52.8 cm³/mol. The first-order chi connectivity index (χ1) is 7.50. The minimum Gasteiger partial charge on any atom is -0.481 e. The zero-order chi connectivity index (χ0) is 12.1. The summed E-state index contributed by atoms with van der Waals surface area (Å²) in [7, 11) is 0. The topological polar surface area (TPSA) is 113 Å². The van der Waals surface area contributed by atoms with Crippen molar-refractivity contribution >= 4 is 11.7 Å². The molecule has 0 unspecified atom stereocenters. The Morgan fingerprint density at radius 3 is 2.88 bits per heavy atom. The van der Waals surface area contributed by atoms with Gasteiger partial charge in [0, 0.05) is 6.07 Å². The fraction of sp³-hybridized carbons (Fsp3) is 0.111. The number of carboxylic acid groups (broad SMARTS) is 1. The molecule has 0 aliphatic carbocycles. The molecular formula is C9H6N2O5. The van der Waals surface area contributed by atoms with E-state index in [-0.39, 0.29) is 11.3 Å². The zero-order valence-electron chi connectivity index (χ0n) is 7.89. The van der Waals surface area contributed by atoms with Crippen molar-refractivity contribution in [3.05, 3.63) is 38.3 Å². The molecule has 2 N–H and O–H groups in total. The third kappa shape index (κ3) is 2.95. The van der Waals surface area contributed by atoms with Crippen molar-refractivity contribution in [1.82, 2.24) is 4.98 Å². The summed E-state index contributed by atoms with van der Waals surface area (Å²) in [5, 5.41) is 18.7. The number of nitro groups is 1. The Morgan fingerprint density at radius 2 is 2.31 bits per heavy atom. The van der Waals surface area contributed by atoms with E-state index in [1.807, 2.05) is 0 Å². The molecule has 0 bridgehead atoms. The van der Waals surface area contributed by atoms with Crippen LogP contribution in [0.1, 0.15) is 12.0 Å². The van der Waals surface area contributed by atoms with E-state index >= 15 is 0 Å². The number of hydrogen-bond acceptors (Lipinski definition) is 4. The molecule has 0 fully saturated rings. The molecule has 0 saturated carbocycles. The number of nitrogens with one attached hydrogen (secondary N) is 1. The van der Waals surface area contributed by atoms with Gasteiger partial charge in [-0.05, 0) is 0 Å². The predicted octanol–water partition coefficient (Wildman–Crippen LogP) is 0.109. The Kier molecular flexibility index (Phi) is 3.40. The second-order valence-electron chi connectivity index (χ2n) is 2.73. The second kappa shape index (κ2) is 4.75. The van der Waals surface area contributed by atoms with Gasteiger partial charge in [0.2, 0.25) is 0 Å². The average Bonchev–Trinajstić information content (AvgIpc) is 2.20. The van der Waals surface area contributed by atoms with Crippen molar-refractivity contribution < 1.29 is 14.8 Å². The van der Waals surface area contributed by atoms with Gasteiger partial charge in [0.15, 0.2) is 0 Å². The molecule has 0 atom stereocenters. The summed E-state index contributed by atoms with van der Waals surface area (Å²) in [6.45, 7) is 0. The smallest absolute Gasteiger partial charge is 0.315 e. The molecule has 1 aromatic rings. The number of nitrogens with zero attached hydrogens (tertiary/aromatic N) is 1. The monoisotopic (exact) mass is 222 g/mol. The molecule has 7 heteroatoms. The molecule has 1 rings (SSSR count). The van der Waals surface area contributed by atoms with Crippen LogP contribution < -0.4 is 5.56 Å². The van der Waals surface area contributed by atoms with Gasteiger partial charge in [-0.2, -0.15) is 0 Å². The van der Waals surface area contributed by atoms with E-state index in [2.05, 4.69) is 16.8 Å². The molecule has 0 aromatic carbocycles. The van der Waals surface area contributed by atoms with Crippen molar-refractivity contribution in [3.63, 3.8) is 0 Å². The summed E-state index contributed by atoms with van der Waals surface area (Å²) < 4.78 is 0. The Hall–Kier alpha value is -2.62. The van der Waals surface area contributed by atoms with Gasteiger partial charge in [-0.3, -0.25) is 19.7 Å². The van der Waals surface area contributed by atoms with Crippen LogP contribution in [0.2, 0.25) is 0 Å². The van der Waals surface area contributed by atoms with Crippen LogP contribution in [-0.4, -0.2) is 21.0 Å². The van der Waals surface area contributed by atoms with Crippen LogP contribution in [0.5, 0.6) is 0 Å². The maximum absolute atomic E-state index is 11.1. The van der Waals surface area contributed by atoms with E-state index < -0.39 is 22.9 Å². The number of aromatic amines is 1. The third-order valence-corrected chi connectivity index (χ3v) is 1.56. The van der Waals surface area contributed by atoms with Crippen LogP contribution in [0.25, 0.3) is 0 Å². The van der Waals surface area contributed by atoms with Crippen molar-refractivity contribution in [2.45, 2.75) is 6.42 Å². The molecule has 1 aromatic heterocycles. The summed E-state index contributed by atoms with van der Waals surface area (Å²) in [5.41, 5.74) is -1.03. The number of rotatable bonds is 2. The molecule has 0 saturated heterocycles. The molecule has 7 nitrogen and oxygen atoms in total. The molecule has 16 heavy (non-hydrogen) atoms. The molecule has 82 valence electrons. The maximum Gasteiger partial charge on any atom is 0.315 e. The van der Waals surface area contributed by atoms with Gasteiger partial charge in [0.25, 0.3) is 11.2 Å². The first kappa shape index (κ1) is 11.5. The van der Waals surface area contributed by atoms with Crippen LogP contribution in [0, 0.1) is 22.0 Å². The lowest BCUT2D eigenvalue weighted by molar-refractivity contribution is -0.385. The number of aromatic nitrogens is 1. The van der Waals surface area contributed by atoms with E-state index in [4.69, 9.17) is 5.11 Å². The van der Waals surface area contributed by atoms with Gasteiger partial charge in [-0.15, -0.1) is 0 Å². The summed E-state index contributed by atoms with van der Waals surface area (Å²) in [4.78, 5) is 33.1. The first-order valence-electron chi connectivity index (χ1n) is 4.08. The van der Waals surface area contributed by atoms with Gasteiger partial charge >= 0.3 is 5.97 Å². The molecule has 0 spiro atoms. The Morgan fingerprint density at radius 1 is 1.62 bits per heavy atom. The summed E-state index contributed by atoms with van der Waals surface area (Å²) in [5.74, 6) is 3.35. The van der Waals surface area contributed by atoms with Gasteiger partial charge in [0.05, 0.1) is 16.7 Å². The number of H-pyrrole nitrogens is 1. The van der Waals surface area contributed by atoms with Gasteiger partial charge in [0.1, 0.15) is 6.42 Å². The second-order valence-corrected chi connectivity index (χ2v) is 2.73. The molecule has 0 radical (unpaired) electrons. The summed E-state index contributed by atoms with van der Waals surface area (Å²) >= 11 is 0. The number of carbonyl (C=O) groups is 1. The Balaban J connectivity index is 3.06. The number of pyridine rings is 1. The highest BCUT2D eigenvalue weighted by Gasteiger charge is 2.07. The van der Waals surface area contributed by atoms with Gasteiger partial charge in [-0.1, -0.05) is 11.8 Å². The largest absolute Gasteiger partial charge is 0.481 e. The van der Waals surface area contributed by atoms with Crippen LogP contribution >= 0.6 is 0 Å². The number of aliphatic carboxylic acids is 1.